The Morgan fingerprint density at radius 1 is 1.69 bits per heavy atom. The molecule has 1 aliphatic rings. The van der Waals surface area contributed by atoms with E-state index in [-0.39, 0.29) is 5.03 Å². The van der Waals surface area contributed by atoms with Crippen LogP contribution in [0.1, 0.15) is 25.1 Å². The van der Waals surface area contributed by atoms with Crippen LogP contribution in [0.5, 0.6) is 0 Å². The topological polar surface area (TPSA) is 52.0 Å². The van der Waals surface area contributed by atoms with Crippen molar-refractivity contribution >= 4 is 19.7 Å². The van der Waals surface area contributed by atoms with E-state index in [0.717, 1.165) is 12.2 Å². The summed E-state index contributed by atoms with van der Waals surface area (Å²) < 4.78 is 23.8. The molecule has 0 bridgehead atoms. The van der Waals surface area contributed by atoms with Crippen LogP contribution < -0.4 is 0 Å². The molecule has 0 saturated carbocycles. The Bertz CT molecular complexity index is 437. The number of hydrogen-bond donors (Lipinski definition) is 0. The minimum atomic E-state index is -3.64. The Morgan fingerprint density at radius 2 is 2.38 bits per heavy atom. The van der Waals surface area contributed by atoms with Crippen LogP contribution in [0.2, 0.25) is 0 Å². The molecule has 2 heterocycles. The first-order chi connectivity index (χ1) is 6.00. The number of halogens is 1. The third-order valence-corrected chi connectivity index (χ3v) is 3.63. The molecule has 1 aromatic heterocycles. The zero-order valence-electron chi connectivity index (χ0n) is 7.07. The number of rotatable bonds is 1. The van der Waals surface area contributed by atoms with Gasteiger partial charge in [-0.25, -0.2) is 13.4 Å². The Hall–Kier alpha value is -0.550. The predicted octanol–water partition coefficient (Wildman–Crippen LogP) is 1.32. The number of fused-ring (bicyclic) bond motifs is 1. The summed E-state index contributed by atoms with van der Waals surface area (Å²) >= 11 is 0. The van der Waals surface area contributed by atoms with Gasteiger partial charge < -0.3 is 4.57 Å². The molecule has 0 radical (unpaired) electrons. The summed E-state index contributed by atoms with van der Waals surface area (Å²) in [6, 6.07) is 0. The van der Waals surface area contributed by atoms with E-state index in [9.17, 15) is 8.42 Å². The summed E-state index contributed by atoms with van der Waals surface area (Å²) in [7, 11) is 1.61. The minimum absolute atomic E-state index is 0.119. The van der Waals surface area contributed by atoms with Crippen molar-refractivity contribution in [2.24, 2.45) is 0 Å². The molecule has 4 nitrogen and oxygen atoms in total. The third-order valence-electron chi connectivity index (χ3n) is 2.33. The molecule has 0 saturated heterocycles. The van der Waals surface area contributed by atoms with Gasteiger partial charge in [-0.2, -0.15) is 0 Å². The molecule has 0 spiro atoms. The van der Waals surface area contributed by atoms with Crippen LogP contribution in [0, 0.1) is 0 Å². The van der Waals surface area contributed by atoms with Crippen molar-refractivity contribution < 1.29 is 8.42 Å². The molecule has 72 valence electrons. The second kappa shape index (κ2) is 2.72. The Balaban J connectivity index is 2.59. The molecular formula is C7H9ClN2O2S. The molecule has 0 aromatic carbocycles. The van der Waals surface area contributed by atoms with Crippen molar-refractivity contribution in [2.45, 2.75) is 30.8 Å². The highest BCUT2D eigenvalue weighted by Gasteiger charge is 2.27. The summed E-state index contributed by atoms with van der Waals surface area (Å²) in [5, 5.41) is 0.119. The fourth-order valence-corrected chi connectivity index (χ4v) is 2.63. The van der Waals surface area contributed by atoms with E-state index in [2.05, 4.69) is 4.98 Å². The van der Waals surface area contributed by atoms with Gasteiger partial charge in [-0.05, 0) is 6.42 Å². The second-order valence-electron chi connectivity index (χ2n) is 3.23. The Kier molecular flexibility index (Phi) is 1.89. The largest absolute Gasteiger partial charge is 0.318 e. The lowest BCUT2D eigenvalue weighted by Gasteiger charge is -1.99. The maximum atomic E-state index is 11.1. The van der Waals surface area contributed by atoms with Crippen LogP contribution in [0.3, 0.4) is 0 Å². The maximum absolute atomic E-state index is 11.1. The van der Waals surface area contributed by atoms with E-state index < -0.39 is 9.05 Å². The van der Waals surface area contributed by atoms with Gasteiger partial charge in [0.05, 0.1) is 6.20 Å². The van der Waals surface area contributed by atoms with E-state index in [1.54, 1.807) is 4.57 Å². The zero-order valence-corrected chi connectivity index (χ0v) is 8.64. The molecule has 0 aliphatic carbocycles. The molecule has 1 unspecified atom stereocenters. The molecule has 1 atom stereocenters. The van der Waals surface area contributed by atoms with Crippen molar-refractivity contribution in [3.8, 4) is 0 Å². The van der Waals surface area contributed by atoms with E-state index >= 15 is 0 Å². The first-order valence-electron chi connectivity index (χ1n) is 4.00. The smallest absolute Gasteiger partial charge is 0.278 e. The fourth-order valence-electron chi connectivity index (χ4n) is 1.64. The van der Waals surface area contributed by atoms with Crippen LogP contribution >= 0.6 is 10.7 Å². The quantitative estimate of drug-likeness (QED) is 0.671. The van der Waals surface area contributed by atoms with Gasteiger partial charge in [-0.3, -0.25) is 0 Å². The van der Waals surface area contributed by atoms with E-state index in [1.807, 2.05) is 6.92 Å². The number of aromatic nitrogens is 2. The average molecular weight is 221 g/mol. The highest BCUT2D eigenvalue weighted by Crippen LogP contribution is 2.30. The van der Waals surface area contributed by atoms with Gasteiger partial charge in [0, 0.05) is 23.1 Å². The van der Waals surface area contributed by atoms with Crippen LogP contribution in [0.15, 0.2) is 11.2 Å². The zero-order chi connectivity index (χ0) is 9.64. The molecule has 0 N–H and O–H groups in total. The van der Waals surface area contributed by atoms with Gasteiger partial charge in [-0.15, -0.1) is 0 Å². The molecule has 0 fully saturated rings. The monoisotopic (exact) mass is 220 g/mol. The average Bonchev–Trinajstić information content (AvgIpc) is 2.51. The SMILES string of the molecule is CC1CCn2c(S(=O)(=O)Cl)cnc21. The normalized spacial score (nSPS) is 21.8. The van der Waals surface area contributed by atoms with Crippen LogP contribution in [0.25, 0.3) is 0 Å². The second-order valence-corrected chi connectivity index (χ2v) is 5.75. The lowest BCUT2D eigenvalue weighted by molar-refractivity contribution is 0.590. The number of imidazole rings is 1. The highest BCUT2D eigenvalue weighted by atomic mass is 35.7. The minimum Gasteiger partial charge on any atom is -0.318 e. The fraction of sp³-hybridized carbons (Fsp3) is 0.571. The molecular weight excluding hydrogens is 212 g/mol. The van der Waals surface area contributed by atoms with E-state index in [4.69, 9.17) is 10.7 Å². The third kappa shape index (κ3) is 1.36. The first kappa shape index (κ1) is 9.02. The van der Waals surface area contributed by atoms with Crippen molar-refractivity contribution in [1.82, 2.24) is 9.55 Å². The van der Waals surface area contributed by atoms with Gasteiger partial charge in [0.15, 0.2) is 5.03 Å². The van der Waals surface area contributed by atoms with Crippen molar-refractivity contribution in [3.63, 3.8) is 0 Å². The standard InChI is InChI=1S/C7H9ClN2O2S/c1-5-2-3-10-6(13(8,11)12)4-9-7(5)10/h4-5H,2-3H2,1H3. The first-order valence-corrected chi connectivity index (χ1v) is 6.31. The molecule has 2 rings (SSSR count). The Labute approximate surface area is 81.0 Å². The lowest BCUT2D eigenvalue weighted by Crippen LogP contribution is -2.02. The van der Waals surface area contributed by atoms with E-state index in [1.165, 1.54) is 6.20 Å². The summed E-state index contributed by atoms with van der Waals surface area (Å²) in [5.41, 5.74) is 0. The lowest BCUT2D eigenvalue weighted by atomic mass is 10.1. The van der Waals surface area contributed by atoms with Crippen LogP contribution in [-0.2, 0) is 15.6 Å². The summed E-state index contributed by atoms with van der Waals surface area (Å²) in [4.78, 5) is 4.04. The van der Waals surface area contributed by atoms with Crippen LogP contribution in [-0.4, -0.2) is 18.0 Å². The Morgan fingerprint density at radius 3 is 3.00 bits per heavy atom. The number of hydrogen-bond acceptors (Lipinski definition) is 3. The van der Waals surface area contributed by atoms with Gasteiger partial charge >= 0.3 is 0 Å². The van der Waals surface area contributed by atoms with Crippen molar-refractivity contribution in [2.75, 3.05) is 0 Å². The van der Waals surface area contributed by atoms with Crippen molar-refractivity contribution in [1.29, 1.82) is 0 Å². The van der Waals surface area contributed by atoms with Gasteiger partial charge in [0.25, 0.3) is 9.05 Å². The molecule has 1 aromatic rings. The predicted molar refractivity (Wildman–Crippen MR) is 48.3 cm³/mol. The molecule has 6 heteroatoms. The van der Waals surface area contributed by atoms with Crippen LogP contribution in [0.4, 0.5) is 0 Å². The highest BCUT2D eigenvalue weighted by molar-refractivity contribution is 8.13. The van der Waals surface area contributed by atoms with Crippen molar-refractivity contribution in [3.05, 3.63) is 12.0 Å². The molecule has 13 heavy (non-hydrogen) atoms. The maximum Gasteiger partial charge on any atom is 0.278 e. The van der Waals surface area contributed by atoms with E-state index in [0.29, 0.717) is 12.5 Å². The summed E-state index contributed by atoms with van der Waals surface area (Å²) in [6.45, 7) is 2.72. The number of nitrogens with zero attached hydrogens (tertiary/aromatic N) is 2. The molecule has 0 amide bonds. The summed E-state index contributed by atoms with van der Waals surface area (Å²) in [5.74, 6) is 1.14. The molecule has 1 aliphatic heterocycles. The van der Waals surface area contributed by atoms with Gasteiger partial charge in [0.2, 0.25) is 0 Å². The summed E-state index contributed by atoms with van der Waals surface area (Å²) in [6.07, 6.45) is 2.26. The van der Waals surface area contributed by atoms with Gasteiger partial charge in [-0.1, -0.05) is 6.92 Å². The van der Waals surface area contributed by atoms with Gasteiger partial charge in [0.1, 0.15) is 5.82 Å².